The average molecular weight is 408 g/mol. The number of benzene rings is 1. The fraction of sp³-hybridized carbons (Fsp3) is 0.263. The van der Waals surface area contributed by atoms with E-state index < -0.39 is 6.04 Å². The van der Waals surface area contributed by atoms with E-state index in [1.54, 1.807) is 0 Å². The number of rotatable bonds is 2. The zero-order chi connectivity index (χ0) is 20.5. The number of halogens is 1. The van der Waals surface area contributed by atoms with Crippen molar-refractivity contribution in [1.29, 1.82) is 10.5 Å². The molecule has 4 rings (SSSR count). The molecule has 1 aromatic heterocycles. The molecule has 0 spiro atoms. The van der Waals surface area contributed by atoms with E-state index in [0.717, 1.165) is 31.6 Å². The quantitative estimate of drug-likeness (QED) is 0.437. The minimum atomic E-state index is -0.651. The van der Waals surface area contributed by atoms with Gasteiger partial charge in [0.2, 0.25) is 5.96 Å². The van der Waals surface area contributed by atoms with E-state index in [1.165, 1.54) is 0 Å². The summed E-state index contributed by atoms with van der Waals surface area (Å²) in [5, 5.41) is 24.3. The van der Waals surface area contributed by atoms with E-state index in [9.17, 15) is 5.26 Å². The number of hydrogen-bond donors (Lipinski definition) is 4. The number of nitrogen functional groups attached to an aromatic ring is 2. The summed E-state index contributed by atoms with van der Waals surface area (Å²) in [6.07, 6.45) is 4.15. The Hall–Kier alpha value is -3.69. The minimum absolute atomic E-state index is 0.00341. The zero-order valence-corrected chi connectivity index (χ0v) is 16.2. The highest BCUT2D eigenvalue weighted by Gasteiger charge is 2.31. The predicted octanol–water partition coefficient (Wildman–Crippen LogP) is 2.31. The molecular formula is C19H18ClN9. The third-order valence-corrected chi connectivity index (χ3v) is 5.43. The largest absolute Gasteiger partial charge is 0.397 e. The molecule has 0 bridgehead atoms. The maximum atomic E-state index is 9.41. The highest BCUT2D eigenvalue weighted by molar-refractivity contribution is 6.31. The lowest BCUT2D eigenvalue weighted by molar-refractivity contribution is 0.845. The van der Waals surface area contributed by atoms with E-state index in [2.05, 4.69) is 25.5 Å². The highest BCUT2D eigenvalue weighted by atomic mass is 35.5. The molecule has 146 valence electrons. The number of pyridine rings is 1. The van der Waals surface area contributed by atoms with Gasteiger partial charge >= 0.3 is 0 Å². The van der Waals surface area contributed by atoms with Crippen molar-refractivity contribution >= 4 is 40.6 Å². The molecule has 1 atom stereocenters. The Morgan fingerprint density at radius 2 is 2.00 bits per heavy atom. The van der Waals surface area contributed by atoms with Gasteiger partial charge in [0.15, 0.2) is 6.19 Å². The van der Waals surface area contributed by atoms with Gasteiger partial charge in [-0.2, -0.15) is 10.5 Å². The Morgan fingerprint density at radius 1 is 1.24 bits per heavy atom. The number of aromatic nitrogens is 1. The van der Waals surface area contributed by atoms with Crippen LogP contribution < -0.4 is 27.0 Å². The van der Waals surface area contributed by atoms with Gasteiger partial charge in [-0.05, 0) is 25.0 Å². The van der Waals surface area contributed by atoms with Crippen LogP contribution in [0.1, 0.15) is 35.6 Å². The van der Waals surface area contributed by atoms with Crippen LogP contribution in [-0.2, 0) is 0 Å². The summed E-state index contributed by atoms with van der Waals surface area (Å²) in [5.41, 5.74) is 14.6. The molecule has 29 heavy (non-hydrogen) atoms. The SMILES string of the molecule is N#CNC1=NC(c2ccc(N3CCCC3)cc2Cl)c2c(nc(N)c(C#N)c2N)N1. The topological polar surface area (TPSA) is 152 Å². The molecule has 1 saturated heterocycles. The van der Waals surface area contributed by atoms with Crippen LogP contribution >= 0.6 is 11.6 Å². The van der Waals surface area contributed by atoms with Gasteiger partial charge in [0.1, 0.15) is 29.3 Å². The third-order valence-electron chi connectivity index (χ3n) is 5.11. The molecule has 1 unspecified atom stereocenters. The monoisotopic (exact) mass is 407 g/mol. The predicted molar refractivity (Wildman–Crippen MR) is 112 cm³/mol. The van der Waals surface area contributed by atoms with Gasteiger partial charge in [-0.15, -0.1) is 0 Å². The lowest BCUT2D eigenvalue weighted by Gasteiger charge is -2.27. The van der Waals surface area contributed by atoms with Gasteiger partial charge in [0, 0.05) is 34.9 Å². The molecule has 2 aromatic rings. The molecule has 6 N–H and O–H groups in total. The first-order chi connectivity index (χ1) is 14.0. The van der Waals surface area contributed by atoms with Gasteiger partial charge in [0.05, 0.1) is 5.69 Å². The van der Waals surface area contributed by atoms with Crippen molar-refractivity contribution in [1.82, 2.24) is 10.3 Å². The van der Waals surface area contributed by atoms with Crippen LogP contribution in [0.15, 0.2) is 23.2 Å². The van der Waals surface area contributed by atoms with Crippen molar-refractivity contribution in [2.75, 3.05) is 34.8 Å². The first-order valence-electron chi connectivity index (χ1n) is 9.06. The van der Waals surface area contributed by atoms with Crippen LogP contribution in [-0.4, -0.2) is 24.0 Å². The number of nitrogens with zero attached hydrogens (tertiary/aromatic N) is 5. The lowest BCUT2D eigenvalue weighted by Crippen LogP contribution is -2.32. The van der Waals surface area contributed by atoms with Gasteiger partial charge in [0.25, 0.3) is 0 Å². The standard InChI is InChI=1S/C19H18ClN9/c20-13-7-10(29-5-1-2-6-29)3-4-11(13)16-14-15(23)12(8-21)17(24)27-18(14)28-19(26-16)25-9-22/h3-4,7,16H,1-2,5-6H2,(H6,23,24,25,26,27,28). The number of aliphatic imine (C=N–C) groups is 1. The van der Waals surface area contributed by atoms with Crippen LogP contribution in [0.5, 0.6) is 0 Å². The average Bonchev–Trinajstić information content (AvgIpc) is 3.22. The smallest absolute Gasteiger partial charge is 0.211 e. The molecule has 0 saturated carbocycles. The first kappa shape index (κ1) is 18.7. The second-order valence-electron chi connectivity index (χ2n) is 6.80. The number of nitrogens with two attached hydrogens (primary N) is 2. The maximum absolute atomic E-state index is 9.41. The van der Waals surface area contributed by atoms with Crippen LogP contribution in [0.2, 0.25) is 5.02 Å². The van der Waals surface area contributed by atoms with Gasteiger partial charge in [-0.25, -0.2) is 9.98 Å². The number of anilines is 4. The van der Waals surface area contributed by atoms with Crippen molar-refractivity contribution in [2.45, 2.75) is 18.9 Å². The van der Waals surface area contributed by atoms with E-state index in [0.29, 0.717) is 22.0 Å². The van der Waals surface area contributed by atoms with Crippen LogP contribution in [0.4, 0.5) is 23.0 Å². The van der Waals surface area contributed by atoms with Crippen molar-refractivity contribution < 1.29 is 0 Å². The minimum Gasteiger partial charge on any atom is -0.397 e. The van der Waals surface area contributed by atoms with Crippen LogP contribution in [0.3, 0.4) is 0 Å². The number of guanidine groups is 1. The van der Waals surface area contributed by atoms with E-state index in [4.69, 9.17) is 28.3 Å². The summed E-state index contributed by atoms with van der Waals surface area (Å²) in [6, 6.07) is 7.13. The summed E-state index contributed by atoms with van der Waals surface area (Å²) in [5.74, 6) is 0.529. The lowest BCUT2D eigenvalue weighted by atomic mass is 9.95. The Labute approximate surface area is 172 Å². The molecule has 0 amide bonds. The van der Waals surface area contributed by atoms with E-state index in [1.807, 2.05) is 30.5 Å². The normalized spacial score (nSPS) is 17.6. The summed E-state index contributed by atoms with van der Waals surface area (Å²) >= 11 is 6.64. The number of fused-ring (bicyclic) bond motifs is 1. The highest BCUT2D eigenvalue weighted by Crippen LogP contribution is 2.43. The van der Waals surface area contributed by atoms with Crippen molar-refractivity contribution in [3.63, 3.8) is 0 Å². The summed E-state index contributed by atoms with van der Waals surface area (Å²) in [6.45, 7) is 2.00. The molecule has 9 nitrogen and oxygen atoms in total. The van der Waals surface area contributed by atoms with Crippen LogP contribution in [0.25, 0.3) is 0 Å². The van der Waals surface area contributed by atoms with Crippen LogP contribution in [0, 0.1) is 22.8 Å². The van der Waals surface area contributed by atoms with Gasteiger partial charge < -0.3 is 21.7 Å². The van der Waals surface area contributed by atoms with Crippen molar-refractivity contribution in [2.24, 2.45) is 4.99 Å². The maximum Gasteiger partial charge on any atom is 0.211 e. The molecule has 3 heterocycles. The third kappa shape index (κ3) is 3.22. The van der Waals surface area contributed by atoms with E-state index >= 15 is 0 Å². The fourth-order valence-electron chi connectivity index (χ4n) is 3.72. The first-order valence-corrected chi connectivity index (χ1v) is 9.44. The molecule has 2 aliphatic rings. The molecular weight excluding hydrogens is 390 g/mol. The molecule has 0 aliphatic carbocycles. The zero-order valence-electron chi connectivity index (χ0n) is 15.4. The second kappa shape index (κ2) is 7.38. The summed E-state index contributed by atoms with van der Waals surface area (Å²) in [7, 11) is 0. The Kier molecular flexibility index (Phi) is 4.75. The number of nitrogens with one attached hydrogen (secondary N) is 2. The Bertz CT molecular complexity index is 1090. The Balaban J connectivity index is 1.84. The second-order valence-corrected chi connectivity index (χ2v) is 7.21. The molecule has 2 aliphatic heterocycles. The van der Waals surface area contributed by atoms with E-state index in [-0.39, 0.29) is 23.0 Å². The fourth-order valence-corrected chi connectivity index (χ4v) is 3.99. The molecule has 1 aromatic carbocycles. The molecule has 0 radical (unpaired) electrons. The molecule has 10 heteroatoms. The van der Waals surface area contributed by atoms with Gasteiger partial charge in [-0.1, -0.05) is 17.7 Å². The number of hydrogen-bond acceptors (Lipinski definition) is 9. The Morgan fingerprint density at radius 3 is 2.66 bits per heavy atom. The summed E-state index contributed by atoms with van der Waals surface area (Å²) < 4.78 is 0. The van der Waals surface area contributed by atoms with Crippen molar-refractivity contribution in [3.05, 3.63) is 39.9 Å². The number of nitriles is 2. The van der Waals surface area contributed by atoms with Crippen molar-refractivity contribution in [3.8, 4) is 12.3 Å². The van der Waals surface area contributed by atoms with Gasteiger partial charge in [-0.3, -0.25) is 5.32 Å². The summed E-state index contributed by atoms with van der Waals surface area (Å²) in [4.78, 5) is 11.1. The molecule has 1 fully saturated rings.